The molecule has 0 unspecified atom stereocenters. The predicted octanol–water partition coefficient (Wildman–Crippen LogP) is 1.98. The second-order valence-electron chi connectivity index (χ2n) is 4.71. The molecule has 0 atom stereocenters. The average Bonchev–Trinajstić information content (AvgIpc) is 2.93. The van der Waals surface area contributed by atoms with Crippen LogP contribution in [0.15, 0.2) is 46.5 Å². The van der Waals surface area contributed by atoms with E-state index in [4.69, 9.17) is 5.73 Å². The van der Waals surface area contributed by atoms with E-state index in [0.717, 1.165) is 5.56 Å². The Morgan fingerprint density at radius 3 is 2.68 bits per heavy atom. The van der Waals surface area contributed by atoms with Gasteiger partial charge in [-0.2, -0.15) is 0 Å². The van der Waals surface area contributed by atoms with Crippen molar-refractivity contribution in [1.29, 1.82) is 0 Å². The molecule has 6 nitrogen and oxygen atoms in total. The van der Waals surface area contributed by atoms with Gasteiger partial charge in [0.05, 0.1) is 10.6 Å². The van der Waals surface area contributed by atoms with Gasteiger partial charge in [-0.05, 0) is 30.7 Å². The van der Waals surface area contributed by atoms with Crippen molar-refractivity contribution in [3.8, 4) is 0 Å². The van der Waals surface area contributed by atoms with Crippen molar-refractivity contribution in [2.75, 3.05) is 0 Å². The molecule has 116 valence electrons. The molecule has 22 heavy (non-hydrogen) atoms. The molecule has 0 amide bonds. The van der Waals surface area contributed by atoms with Crippen LogP contribution >= 0.6 is 12.4 Å². The topological polar surface area (TPSA) is 102 Å². The largest absolute Gasteiger partial charge is 0.345 e. The maximum absolute atomic E-state index is 12.8. The van der Waals surface area contributed by atoms with Gasteiger partial charge >= 0.3 is 0 Å². The van der Waals surface area contributed by atoms with Gasteiger partial charge in [-0.25, -0.2) is 18.4 Å². The molecule has 0 fully saturated rings. The summed E-state index contributed by atoms with van der Waals surface area (Å²) in [6.45, 7) is 1.84. The van der Waals surface area contributed by atoms with E-state index in [1.165, 1.54) is 0 Å². The van der Waals surface area contributed by atoms with E-state index in [0.29, 0.717) is 11.2 Å². The summed E-state index contributed by atoms with van der Waals surface area (Å²) in [6, 6.07) is 8.41. The average molecular weight is 339 g/mol. The second-order valence-corrected chi connectivity index (χ2v) is 6.58. The Hall–Kier alpha value is -1.96. The van der Waals surface area contributed by atoms with E-state index in [1.807, 2.05) is 13.0 Å². The molecule has 3 aromatic rings. The predicted molar refractivity (Wildman–Crippen MR) is 85.7 cm³/mol. The molecule has 0 saturated carbocycles. The van der Waals surface area contributed by atoms with Crippen molar-refractivity contribution in [3.63, 3.8) is 0 Å². The van der Waals surface area contributed by atoms with Crippen LogP contribution in [0.2, 0.25) is 0 Å². The van der Waals surface area contributed by atoms with Crippen molar-refractivity contribution in [1.82, 2.24) is 15.0 Å². The third kappa shape index (κ3) is 2.70. The number of sulfone groups is 1. The molecule has 8 heteroatoms. The van der Waals surface area contributed by atoms with E-state index in [2.05, 4.69) is 15.0 Å². The molecule has 2 aromatic heterocycles. The van der Waals surface area contributed by atoms with Gasteiger partial charge in [-0.1, -0.05) is 12.1 Å². The maximum atomic E-state index is 12.8. The first kappa shape index (κ1) is 16.4. The summed E-state index contributed by atoms with van der Waals surface area (Å²) in [4.78, 5) is 11.5. The normalized spacial score (nSPS) is 11.4. The number of hydrogen-bond acceptors (Lipinski definition) is 5. The lowest BCUT2D eigenvalue weighted by Crippen LogP contribution is -2.13. The van der Waals surface area contributed by atoms with E-state index >= 15 is 0 Å². The molecule has 0 bridgehead atoms. The van der Waals surface area contributed by atoms with Gasteiger partial charge < -0.3 is 10.7 Å². The molecular weight excluding hydrogens is 324 g/mol. The van der Waals surface area contributed by atoms with Crippen LogP contribution < -0.4 is 5.73 Å². The molecule has 0 aliphatic heterocycles. The van der Waals surface area contributed by atoms with Crippen LogP contribution in [0.4, 0.5) is 0 Å². The van der Waals surface area contributed by atoms with E-state index in [-0.39, 0.29) is 34.6 Å². The molecule has 0 aliphatic carbocycles. The molecular formula is C14H15ClN4O2S. The highest BCUT2D eigenvalue weighted by Crippen LogP contribution is 2.23. The summed E-state index contributed by atoms with van der Waals surface area (Å²) in [7, 11) is -3.75. The zero-order valence-electron chi connectivity index (χ0n) is 11.8. The summed E-state index contributed by atoms with van der Waals surface area (Å²) in [5.41, 5.74) is 7.79. The number of aromatic amines is 1. The second kappa shape index (κ2) is 6.04. The number of benzene rings is 1. The fraction of sp³-hybridized carbons (Fsp3) is 0.143. The number of H-pyrrole nitrogens is 1. The molecule has 0 radical (unpaired) electrons. The van der Waals surface area contributed by atoms with Gasteiger partial charge in [-0.3, -0.25) is 0 Å². The molecule has 3 N–H and O–H groups in total. The summed E-state index contributed by atoms with van der Waals surface area (Å²) < 4.78 is 25.5. The van der Waals surface area contributed by atoms with Gasteiger partial charge in [-0.15, -0.1) is 12.4 Å². The number of fused-ring (bicyclic) bond motifs is 1. The number of nitrogens with zero attached hydrogens (tertiary/aromatic N) is 2. The van der Waals surface area contributed by atoms with E-state index in [9.17, 15) is 8.42 Å². The van der Waals surface area contributed by atoms with Crippen molar-refractivity contribution in [2.45, 2.75) is 23.4 Å². The molecule has 3 rings (SSSR count). The number of hydrogen-bond donors (Lipinski definition) is 2. The Balaban J connectivity index is 0.00000176. The highest BCUT2D eigenvalue weighted by Gasteiger charge is 2.24. The standard InChI is InChI=1S/C14H14N4O2S.ClH/c1-9-3-2-4-10(7-9)21(19,20)14-12(8-15)17-11-5-6-16-13(11)18-14;/h2-7H,8,15H2,1H3,(H,16,18);1H. The Morgan fingerprint density at radius 1 is 1.23 bits per heavy atom. The number of aryl methyl sites for hydroxylation is 1. The lowest BCUT2D eigenvalue weighted by molar-refractivity contribution is 0.590. The lowest BCUT2D eigenvalue weighted by Gasteiger charge is -2.08. The fourth-order valence-corrected chi connectivity index (χ4v) is 3.61. The highest BCUT2D eigenvalue weighted by atomic mass is 35.5. The van der Waals surface area contributed by atoms with Gasteiger partial charge in [0.2, 0.25) is 9.84 Å². The molecule has 2 heterocycles. The first-order valence-electron chi connectivity index (χ1n) is 6.38. The number of aromatic nitrogens is 3. The van der Waals surface area contributed by atoms with Gasteiger partial charge in [0, 0.05) is 12.7 Å². The van der Waals surface area contributed by atoms with Crippen LogP contribution in [0, 0.1) is 6.92 Å². The lowest BCUT2D eigenvalue weighted by atomic mass is 10.2. The van der Waals surface area contributed by atoms with Crippen molar-refractivity contribution >= 4 is 33.4 Å². The van der Waals surface area contributed by atoms with Crippen LogP contribution in [0.5, 0.6) is 0 Å². The highest BCUT2D eigenvalue weighted by molar-refractivity contribution is 7.91. The SMILES string of the molecule is Cc1cccc(S(=O)(=O)c2nc3[nH]ccc3nc2CN)c1.Cl. The number of nitrogens with two attached hydrogens (primary N) is 1. The van der Waals surface area contributed by atoms with Gasteiger partial charge in [0.25, 0.3) is 0 Å². The molecule has 0 saturated heterocycles. The zero-order valence-corrected chi connectivity index (χ0v) is 13.4. The number of halogens is 1. The van der Waals surface area contributed by atoms with E-state index < -0.39 is 9.84 Å². The molecule has 0 spiro atoms. The number of nitrogens with one attached hydrogen (secondary N) is 1. The third-order valence-corrected chi connectivity index (χ3v) is 4.88. The molecule has 0 aliphatic rings. The summed E-state index contributed by atoms with van der Waals surface area (Å²) >= 11 is 0. The Kier molecular flexibility index (Phi) is 4.50. The zero-order chi connectivity index (χ0) is 15.0. The van der Waals surface area contributed by atoms with Crippen molar-refractivity contribution in [3.05, 3.63) is 47.8 Å². The van der Waals surface area contributed by atoms with Crippen LogP contribution in [0.1, 0.15) is 11.3 Å². The fourth-order valence-electron chi connectivity index (χ4n) is 2.13. The van der Waals surface area contributed by atoms with Crippen LogP contribution in [0.3, 0.4) is 0 Å². The summed E-state index contributed by atoms with van der Waals surface area (Å²) in [5, 5.41) is -0.0921. The van der Waals surface area contributed by atoms with Crippen LogP contribution in [0.25, 0.3) is 11.2 Å². The van der Waals surface area contributed by atoms with Gasteiger partial charge in [0.1, 0.15) is 5.52 Å². The minimum Gasteiger partial charge on any atom is -0.345 e. The third-order valence-electron chi connectivity index (χ3n) is 3.17. The smallest absolute Gasteiger partial charge is 0.225 e. The Labute approximate surface area is 134 Å². The summed E-state index contributed by atoms with van der Waals surface area (Å²) in [5.74, 6) is 0. The minimum atomic E-state index is -3.75. The monoisotopic (exact) mass is 338 g/mol. The van der Waals surface area contributed by atoms with Crippen molar-refractivity contribution in [2.24, 2.45) is 5.73 Å². The van der Waals surface area contributed by atoms with Crippen LogP contribution in [-0.2, 0) is 16.4 Å². The van der Waals surface area contributed by atoms with E-state index in [1.54, 1.807) is 30.5 Å². The Morgan fingerprint density at radius 2 is 2.00 bits per heavy atom. The van der Waals surface area contributed by atoms with Gasteiger partial charge in [0.15, 0.2) is 10.7 Å². The first-order chi connectivity index (χ1) is 10.0. The number of rotatable bonds is 3. The molecule has 1 aromatic carbocycles. The maximum Gasteiger partial charge on any atom is 0.225 e. The summed E-state index contributed by atoms with van der Waals surface area (Å²) in [6.07, 6.45) is 1.66. The van der Waals surface area contributed by atoms with Crippen molar-refractivity contribution < 1.29 is 8.42 Å². The quantitative estimate of drug-likeness (QED) is 0.760. The minimum absolute atomic E-state index is 0. The first-order valence-corrected chi connectivity index (χ1v) is 7.86. The Bertz CT molecular complexity index is 921. The van der Waals surface area contributed by atoms with Crippen LogP contribution in [-0.4, -0.2) is 23.4 Å².